The van der Waals surface area contributed by atoms with Crippen molar-refractivity contribution in [2.75, 3.05) is 13.1 Å². The van der Waals surface area contributed by atoms with E-state index in [4.69, 9.17) is 5.11 Å². The lowest BCUT2D eigenvalue weighted by Gasteiger charge is -2.38. The maximum atomic E-state index is 10.8. The molecule has 2 fully saturated rings. The standard InChI is InChI=1S/C9H16N2O3.2ClH/c1-5-8-2-6(12)3-11(8)4-7(10-5)9(13)14;;/h5-8,10,12H,2-4H2,1H3,(H,13,14);2*1H/t5?,6-,7+,8-;;/m1../s1. The van der Waals surface area contributed by atoms with Gasteiger partial charge in [-0.1, -0.05) is 0 Å². The van der Waals surface area contributed by atoms with E-state index in [0.717, 1.165) is 6.42 Å². The first kappa shape index (κ1) is 15.9. The number of nitrogens with one attached hydrogen (secondary N) is 1. The number of carbonyl (C=O) groups is 1. The average Bonchev–Trinajstić information content (AvgIpc) is 2.45. The number of piperazine rings is 1. The van der Waals surface area contributed by atoms with Crippen LogP contribution < -0.4 is 5.32 Å². The van der Waals surface area contributed by atoms with Gasteiger partial charge >= 0.3 is 5.97 Å². The summed E-state index contributed by atoms with van der Waals surface area (Å²) in [5, 5.41) is 21.4. The molecule has 1 unspecified atom stereocenters. The molecule has 4 atom stereocenters. The van der Waals surface area contributed by atoms with E-state index in [1.807, 2.05) is 6.92 Å². The summed E-state index contributed by atoms with van der Waals surface area (Å²) in [6, 6.07) is -0.0610. The summed E-state index contributed by atoms with van der Waals surface area (Å²) in [4.78, 5) is 12.9. The SMILES string of the molecule is CC1N[C@H](C(=O)O)CN2C[C@H](O)C[C@H]12.Cl.Cl. The van der Waals surface area contributed by atoms with E-state index >= 15 is 0 Å². The van der Waals surface area contributed by atoms with Crippen molar-refractivity contribution in [1.29, 1.82) is 0 Å². The fourth-order valence-electron chi connectivity index (χ4n) is 2.50. The van der Waals surface area contributed by atoms with Crippen LogP contribution in [-0.2, 0) is 4.79 Å². The highest BCUT2D eigenvalue weighted by Crippen LogP contribution is 2.24. The lowest BCUT2D eigenvalue weighted by atomic mass is 10.0. The van der Waals surface area contributed by atoms with Crippen LogP contribution in [0.15, 0.2) is 0 Å². The highest BCUT2D eigenvalue weighted by atomic mass is 35.5. The molecule has 0 spiro atoms. The van der Waals surface area contributed by atoms with Crippen molar-refractivity contribution in [3.05, 3.63) is 0 Å². The second-order valence-corrected chi connectivity index (χ2v) is 4.26. The molecule has 2 heterocycles. The van der Waals surface area contributed by atoms with Crippen LogP contribution in [0.1, 0.15) is 13.3 Å². The molecule has 0 amide bonds. The van der Waals surface area contributed by atoms with E-state index < -0.39 is 12.0 Å². The van der Waals surface area contributed by atoms with Crippen molar-refractivity contribution in [3.63, 3.8) is 0 Å². The Bertz CT molecular complexity index is 255. The van der Waals surface area contributed by atoms with Crippen molar-refractivity contribution in [2.45, 2.75) is 37.6 Å². The first-order valence-corrected chi connectivity index (χ1v) is 4.99. The number of hydrogen-bond acceptors (Lipinski definition) is 4. The van der Waals surface area contributed by atoms with E-state index in [1.165, 1.54) is 0 Å². The molecule has 5 nitrogen and oxygen atoms in total. The first-order valence-electron chi connectivity index (χ1n) is 4.99. The number of rotatable bonds is 1. The number of nitrogens with zero attached hydrogens (tertiary/aromatic N) is 1. The zero-order valence-corrected chi connectivity index (χ0v) is 10.6. The summed E-state index contributed by atoms with van der Waals surface area (Å²) in [6.45, 7) is 3.09. The Hall–Kier alpha value is -0.0700. The van der Waals surface area contributed by atoms with E-state index in [2.05, 4.69) is 10.2 Å². The lowest BCUT2D eigenvalue weighted by molar-refractivity contribution is -0.141. The number of fused-ring (bicyclic) bond motifs is 1. The Balaban J connectivity index is 0.00000112. The summed E-state index contributed by atoms with van der Waals surface area (Å²) in [7, 11) is 0. The molecule has 0 saturated carbocycles. The molecule has 0 aliphatic carbocycles. The molecule has 7 heteroatoms. The minimum absolute atomic E-state index is 0. The van der Waals surface area contributed by atoms with Crippen molar-refractivity contribution >= 4 is 30.8 Å². The maximum absolute atomic E-state index is 10.8. The van der Waals surface area contributed by atoms with Crippen LogP contribution in [0.3, 0.4) is 0 Å². The van der Waals surface area contributed by atoms with Gasteiger partial charge in [0.1, 0.15) is 6.04 Å². The summed E-state index contributed by atoms with van der Waals surface area (Å²) in [5.41, 5.74) is 0. The van der Waals surface area contributed by atoms with Crippen LogP contribution >= 0.6 is 24.8 Å². The third kappa shape index (κ3) is 2.99. The van der Waals surface area contributed by atoms with E-state index in [1.54, 1.807) is 0 Å². The van der Waals surface area contributed by atoms with Gasteiger partial charge in [-0.2, -0.15) is 0 Å². The smallest absolute Gasteiger partial charge is 0.322 e. The number of aliphatic carboxylic acids is 1. The molecule has 2 rings (SSSR count). The van der Waals surface area contributed by atoms with Crippen molar-refractivity contribution in [2.24, 2.45) is 0 Å². The number of aliphatic hydroxyl groups is 1. The van der Waals surface area contributed by atoms with Crippen LogP contribution in [0.4, 0.5) is 0 Å². The molecule has 2 saturated heterocycles. The van der Waals surface area contributed by atoms with Gasteiger partial charge in [0.25, 0.3) is 0 Å². The third-order valence-corrected chi connectivity index (χ3v) is 3.18. The number of carboxylic acid groups (broad SMARTS) is 1. The fourth-order valence-corrected chi connectivity index (χ4v) is 2.50. The van der Waals surface area contributed by atoms with Crippen LogP contribution in [0.2, 0.25) is 0 Å². The average molecular weight is 273 g/mol. The Labute approximate surface area is 107 Å². The maximum Gasteiger partial charge on any atom is 0.322 e. The second kappa shape index (κ2) is 6.02. The van der Waals surface area contributed by atoms with E-state index in [-0.39, 0.29) is 37.0 Å². The van der Waals surface area contributed by atoms with Gasteiger partial charge in [0, 0.05) is 25.2 Å². The normalized spacial score (nSPS) is 38.1. The van der Waals surface area contributed by atoms with Gasteiger partial charge < -0.3 is 10.2 Å². The summed E-state index contributed by atoms with van der Waals surface area (Å²) in [6.07, 6.45) is 0.456. The summed E-state index contributed by atoms with van der Waals surface area (Å²) in [5.74, 6) is -0.809. The van der Waals surface area contributed by atoms with Crippen molar-refractivity contribution in [1.82, 2.24) is 10.2 Å². The van der Waals surface area contributed by atoms with Gasteiger partial charge in [0.15, 0.2) is 0 Å². The van der Waals surface area contributed by atoms with Gasteiger partial charge in [0.05, 0.1) is 6.10 Å². The number of hydrogen-bond donors (Lipinski definition) is 3. The summed E-state index contributed by atoms with van der Waals surface area (Å²) >= 11 is 0. The highest BCUT2D eigenvalue weighted by molar-refractivity contribution is 5.85. The quantitative estimate of drug-likeness (QED) is 0.612. The third-order valence-electron chi connectivity index (χ3n) is 3.18. The minimum Gasteiger partial charge on any atom is -0.480 e. The monoisotopic (exact) mass is 272 g/mol. The van der Waals surface area contributed by atoms with Gasteiger partial charge in [-0.05, 0) is 13.3 Å². The lowest BCUT2D eigenvalue weighted by Crippen LogP contribution is -2.61. The van der Waals surface area contributed by atoms with Gasteiger partial charge in [-0.15, -0.1) is 24.8 Å². The molecule has 2 aliphatic rings. The van der Waals surface area contributed by atoms with E-state index in [9.17, 15) is 9.90 Å². The molecule has 0 aromatic carbocycles. The first-order chi connectivity index (χ1) is 6.58. The Morgan fingerprint density at radius 3 is 2.56 bits per heavy atom. The molecule has 96 valence electrons. The van der Waals surface area contributed by atoms with Crippen molar-refractivity contribution < 1.29 is 15.0 Å². The fraction of sp³-hybridized carbons (Fsp3) is 0.889. The molecule has 0 bridgehead atoms. The number of carboxylic acids is 1. The summed E-state index contributed by atoms with van der Waals surface area (Å²) < 4.78 is 0. The molecule has 16 heavy (non-hydrogen) atoms. The van der Waals surface area contributed by atoms with Gasteiger partial charge in [-0.25, -0.2) is 0 Å². The Morgan fingerprint density at radius 2 is 2.00 bits per heavy atom. The highest BCUT2D eigenvalue weighted by Gasteiger charge is 2.41. The van der Waals surface area contributed by atoms with Crippen LogP contribution in [0.5, 0.6) is 0 Å². The largest absolute Gasteiger partial charge is 0.480 e. The van der Waals surface area contributed by atoms with Crippen LogP contribution in [0, 0.1) is 0 Å². The van der Waals surface area contributed by atoms with Crippen LogP contribution in [-0.4, -0.2) is 58.4 Å². The predicted octanol–water partition coefficient (Wildman–Crippen LogP) is -0.290. The molecule has 0 radical (unpaired) electrons. The Kier molecular flexibility index (Phi) is 6.00. The topological polar surface area (TPSA) is 72.8 Å². The van der Waals surface area contributed by atoms with Gasteiger partial charge in [-0.3, -0.25) is 15.0 Å². The molecular formula is C9H18Cl2N2O3. The van der Waals surface area contributed by atoms with Crippen LogP contribution in [0.25, 0.3) is 0 Å². The van der Waals surface area contributed by atoms with Gasteiger partial charge in [0.2, 0.25) is 0 Å². The molecule has 3 N–H and O–H groups in total. The molecule has 0 aromatic rings. The Morgan fingerprint density at radius 1 is 1.38 bits per heavy atom. The molecular weight excluding hydrogens is 255 g/mol. The van der Waals surface area contributed by atoms with E-state index in [0.29, 0.717) is 19.1 Å². The predicted molar refractivity (Wildman–Crippen MR) is 64.5 cm³/mol. The van der Waals surface area contributed by atoms with Crippen molar-refractivity contribution in [3.8, 4) is 0 Å². The second-order valence-electron chi connectivity index (χ2n) is 4.26. The molecule has 2 aliphatic heterocycles. The number of halogens is 2. The number of aliphatic hydroxyl groups excluding tert-OH is 1. The minimum atomic E-state index is -0.809. The molecule has 0 aromatic heterocycles. The zero-order chi connectivity index (χ0) is 10.3. The zero-order valence-electron chi connectivity index (χ0n) is 9.00.